The summed E-state index contributed by atoms with van der Waals surface area (Å²) in [6.45, 7) is 6.42. The van der Waals surface area contributed by atoms with Gasteiger partial charge in [-0.15, -0.1) is 0 Å². The highest BCUT2D eigenvalue weighted by Crippen LogP contribution is 2.16. The summed E-state index contributed by atoms with van der Waals surface area (Å²) in [5.41, 5.74) is 0. The van der Waals surface area contributed by atoms with E-state index in [1.807, 2.05) is 6.08 Å². The summed E-state index contributed by atoms with van der Waals surface area (Å²) in [6, 6.07) is 0. The number of unbranched alkanes of at least 4 members (excludes halogenated alkanes) is 28. The summed E-state index contributed by atoms with van der Waals surface area (Å²) >= 11 is 0. The quantitative estimate of drug-likeness (QED) is 0.0261. The first-order valence-corrected chi connectivity index (χ1v) is 31.4. The van der Waals surface area contributed by atoms with Crippen molar-refractivity contribution in [3.63, 3.8) is 0 Å². The fraction of sp³-hybridized carbons (Fsp3) is 0.696. The summed E-state index contributed by atoms with van der Waals surface area (Å²) < 4.78 is 16.8. The number of carbonyl (C=O) groups excluding carboxylic acids is 3. The van der Waals surface area contributed by atoms with Gasteiger partial charge in [-0.25, -0.2) is 0 Å². The summed E-state index contributed by atoms with van der Waals surface area (Å²) in [6.07, 6.45) is 85.4. The van der Waals surface area contributed by atoms with Crippen molar-refractivity contribution in [2.75, 3.05) is 13.2 Å². The minimum absolute atomic E-state index is 0.111. The maximum absolute atomic E-state index is 12.9. The molecule has 0 aliphatic heterocycles. The molecule has 0 heterocycles. The van der Waals surface area contributed by atoms with Gasteiger partial charge in [0.2, 0.25) is 0 Å². The number of allylic oxidation sites excluding steroid dienone is 17. The predicted octanol–water partition coefficient (Wildman–Crippen LogP) is 21.4. The standard InChI is InChI=1S/C69H116O6/c1-4-7-10-13-16-19-22-25-28-30-32-33-34-35-37-38-41-44-47-50-53-56-59-62-68(71)74-65-66(64-73-67(70)61-58-55-52-49-46-43-40-27-24-21-18-15-12-9-6-3)75-69(72)63-60-57-54-51-48-45-42-39-36-31-29-26-23-20-17-14-11-8-5-2/h9,12,17-18,20-22,25-27,29-30,32,40,46,49,55,58,66H,4-8,10-11,13-16,19,23-24,28,31,33-39,41-45,47-48,50-54,56-57,59-65H2,1-3H3/b12-9-,20-17-,21-18-,25-22-,29-26-,32-30-,40-27-,49-46-,58-55-. The van der Waals surface area contributed by atoms with Crippen LogP contribution < -0.4 is 0 Å². The van der Waals surface area contributed by atoms with Crippen molar-refractivity contribution in [3.8, 4) is 0 Å². The predicted molar refractivity (Wildman–Crippen MR) is 325 cm³/mol. The molecule has 0 aliphatic carbocycles. The van der Waals surface area contributed by atoms with Crippen molar-refractivity contribution in [2.24, 2.45) is 0 Å². The van der Waals surface area contributed by atoms with Gasteiger partial charge < -0.3 is 14.2 Å². The molecule has 0 bridgehead atoms. The molecule has 0 N–H and O–H groups in total. The topological polar surface area (TPSA) is 78.9 Å². The van der Waals surface area contributed by atoms with Crippen LogP contribution in [0.15, 0.2) is 109 Å². The van der Waals surface area contributed by atoms with Crippen molar-refractivity contribution < 1.29 is 28.6 Å². The highest BCUT2D eigenvalue weighted by molar-refractivity contribution is 5.72. The van der Waals surface area contributed by atoms with Gasteiger partial charge in [-0.2, -0.15) is 0 Å². The second-order valence-electron chi connectivity index (χ2n) is 20.6. The van der Waals surface area contributed by atoms with E-state index in [4.69, 9.17) is 14.2 Å². The van der Waals surface area contributed by atoms with E-state index in [1.165, 1.54) is 167 Å². The molecular weight excluding hydrogens is 925 g/mol. The van der Waals surface area contributed by atoms with Crippen LogP contribution >= 0.6 is 0 Å². The summed E-state index contributed by atoms with van der Waals surface area (Å²) in [4.78, 5) is 38.2. The Morgan fingerprint density at radius 2 is 0.573 bits per heavy atom. The zero-order valence-corrected chi connectivity index (χ0v) is 49.0. The van der Waals surface area contributed by atoms with E-state index in [1.54, 1.807) is 6.08 Å². The lowest BCUT2D eigenvalue weighted by Gasteiger charge is -2.18. The third kappa shape index (κ3) is 60.8. The number of hydrogen-bond donors (Lipinski definition) is 0. The molecule has 75 heavy (non-hydrogen) atoms. The van der Waals surface area contributed by atoms with E-state index in [2.05, 4.69) is 118 Å². The van der Waals surface area contributed by atoms with Crippen molar-refractivity contribution >= 4 is 17.9 Å². The lowest BCUT2D eigenvalue weighted by Crippen LogP contribution is -2.30. The van der Waals surface area contributed by atoms with Crippen LogP contribution in [-0.4, -0.2) is 37.2 Å². The van der Waals surface area contributed by atoms with Crippen LogP contribution in [0.5, 0.6) is 0 Å². The molecule has 0 aromatic heterocycles. The number of rotatable bonds is 56. The van der Waals surface area contributed by atoms with E-state index in [0.29, 0.717) is 12.8 Å². The Labute approximate surface area is 463 Å². The summed E-state index contributed by atoms with van der Waals surface area (Å²) in [5.74, 6) is -1.05. The minimum Gasteiger partial charge on any atom is -0.462 e. The van der Waals surface area contributed by atoms with E-state index in [9.17, 15) is 14.4 Å². The lowest BCUT2D eigenvalue weighted by atomic mass is 10.0. The molecule has 0 spiro atoms. The lowest BCUT2D eigenvalue weighted by molar-refractivity contribution is -0.166. The van der Waals surface area contributed by atoms with E-state index in [-0.39, 0.29) is 31.6 Å². The first kappa shape index (κ1) is 71.1. The molecule has 0 rings (SSSR count). The van der Waals surface area contributed by atoms with Crippen LogP contribution in [0.3, 0.4) is 0 Å². The van der Waals surface area contributed by atoms with E-state index >= 15 is 0 Å². The van der Waals surface area contributed by atoms with Gasteiger partial charge in [0.25, 0.3) is 0 Å². The van der Waals surface area contributed by atoms with E-state index in [0.717, 1.165) is 83.5 Å². The van der Waals surface area contributed by atoms with Crippen LogP contribution in [0.25, 0.3) is 0 Å². The largest absolute Gasteiger partial charge is 0.462 e. The van der Waals surface area contributed by atoms with Gasteiger partial charge in [-0.05, 0) is 109 Å². The number of esters is 3. The highest BCUT2D eigenvalue weighted by atomic mass is 16.6. The molecule has 0 fully saturated rings. The van der Waals surface area contributed by atoms with Crippen LogP contribution in [0.2, 0.25) is 0 Å². The molecular formula is C69H116O6. The van der Waals surface area contributed by atoms with Gasteiger partial charge in [-0.1, -0.05) is 271 Å². The van der Waals surface area contributed by atoms with Crippen LogP contribution in [0, 0.1) is 0 Å². The third-order valence-corrected chi connectivity index (χ3v) is 13.3. The van der Waals surface area contributed by atoms with E-state index < -0.39 is 12.1 Å². The molecule has 0 saturated carbocycles. The second kappa shape index (κ2) is 62.6. The fourth-order valence-corrected chi connectivity index (χ4v) is 8.58. The van der Waals surface area contributed by atoms with Gasteiger partial charge in [-0.3, -0.25) is 14.4 Å². The fourth-order valence-electron chi connectivity index (χ4n) is 8.58. The molecule has 0 aliphatic rings. The normalized spacial score (nSPS) is 12.8. The molecule has 6 heteroatoms. The Bertz CT molecular complexity index is 1520. The molecule has 0 radical (unpaired) electrons. The molecule has 0 saturated heterocycles. The molecule has 428 valence electrons. The Hall–Kier alpha value is -3.93. The average Bonchev–Trinajstić information content (AvgIpc) is 3.41. The van der Waals surface area contributed by atoms with Crippen LogP contribution in [0.1, 0.15) is 290 Å². The van der Waals surface area contributed by atoms with Gasteiger partial charge in [0.1, 0.15) is 13.2 Å². The monoisotopic (exact) mass is 1040 g/mol. The maximum Gasteiger partial charge on any atom is 0.309 e. The van der Waals surface area contributed by atoms with Crippen LogP contribution in [-0.2, 0) is 28.6 Å². The molecule has 0 amide bonds. The summed E-state index contributed by atoms with van der Waals surface area (Å²) in [7, 11) is 0. The van der Waals surface area contributed by atoms with Gasteiger partial charge in [0.15, 0.2) is 6.10 Å². The van der Waals surface area contributed by atoms with Crippen molar-refractivity contribution in [2.45, 2.75) is 297 Å². The molecule has 6 nitrogen and oxygen atoms in total. The molecule has 0 aromatic rings. The molecule has 0 aromatic carbocycles. The van der Waals surface area contributed by atoms with Gasteiger partial charge in [0, 0.05) is 12.8 Å². The minimum atomic E-state index is -0.824. The first-order valence-electron chi connectivity index (χ1n) is 31.4. The van der Waals surface area contributed by atoms with Crippen molar-refractivity contribution in [1.29, 1.82) is 0 Å². The number of hydrogen-bond acceptors (Lipinski definition) is 6. The Balaban J connectivity index is 4.43. The van der Waals surface area contributed by atoms with Crippen molar-refractivity contribution in [3.05, 3.63) is 109 Å². The Morgan fingerprint density at radius 1 is 0.293 bits per heavy atom. The Morgan fingerprint density at radius 3 is 0.960 bits per heavy atom. The molecule has 1 atom stereocenters. The zero-order valence-electron chi connectivity index (χ0n) is 49.0. The number of ether oxygens (including phenoxy) is 3. The Kier molecular flexibility index (Phi) is 59.3. The molecule has 1 unspecified atom stereocenters. The smallest absolute Gasteiger partial charge is 0.309 e. The SMILES string of the molecule is CC/C=C\C/C=C\C/C=C\C/C=C\C/C=C\CC(=O)OCC(COC(=O)CCCCCCCCCCCCC/C=C\C/C=C\CCCCCCC)OC(=O)CCCCCCCCCCC/C=C\C/C=C\CCCCC. The summed E-state index contributed by atoms with van der Waals surface area (Å²) in [5, 5.41) is 0. The van der Waals surface area contributed by atoms with Gasteiger partial charge in [0.05, 0.1) is 6.42 Å². The second-order valence-corrected chi connectivity index (χ2v) is 20.6. The third-order valence-electron chi connectivity index (χ3n) is 13.3. The number of carbonyl (C=O) groups is 3. The van der Waals surface area contributed by atoms with Crippen LogP contribution in [0.4, 0.5) is 0 Å². The first-order chi connectivity index (χ1) is 37.0. The highest BCUT2D eigenvalue weighted by Gasteiger charge is 2.19. The van der Waals surface area contributed by atoms with Crippen molar-refractivity contribution in [1.82, 2.24) is 0 Å². The average molecular weight is 1040 g/mol. The zero-order chi connectivity index (χ0) is 54.3. The maximum atomic E-state index is 12.9. The van der Waals surface area contributed by atoms with Gasteiger partial charge >= 0.3 is 17.9 Å².